The van der Waals surface area contributed by atoms with E-state index in [0.717, 1.165) is 19.4 Å². The predicted octanol–water partition coefficient (Wildman–Crippen LogP) is 0.310. The number of carbonyl (C=O) groups is 1. The number of likely N-dealkylation sites (tertiary alicyclic amines) is 1. The van der Waals surface area contributed by atoms with Crippen molar-refractivity contribution in [1.29, 1.82) is 0 Å². The third kappa shape index (κ3) is 2.69. The number of rotatable bonds is 4. The number of nitrogens with two attached hydrogens (primary N) is 2. The van der Waals surface area contributed by atoms with Gasteiger partial charge in [-0.1, -0.05) is 13.3 Å². The van der Waals surface area contributed by atoms with Gasteiger partial charge in [-0.3, -0.25) is 9.69 Å². The van der Waals surface area contributed by atoms with Crippen LogP contribution >= 0.6 is 0 Å². The maximum Gasteiger partial charge on any atom is 0.234 e. The van der Waals surface area contributed by atoms with Crippen molar-refractivity contribution in [3.63, 3.8) is 0 Å². The Labute approximate surface area is 92.0 Å². The molecule has 1 aliphatic heterocycles. The van der Waals surface area contributed by atoms with Crippen LogP contribution in [-0.4, -0.2) is 36.0 Å². The van der Waals surface area contributed by atoms with Gasteiger partial charge in [0.05, 0.1) is 6.04 Å². The Bertz CT molecular complexity index is 220. The second-order valence-electron chi connectivity index (χ2n) is 4.43. The van der Waals surface area contributed by atoms with Crippen LogP contribution in [0.25, 0.3) is 0 Å². The first-order valence-corrected chi connectivity index (χ1v) is 5.86. The lowest BCUT2D eigenvalue weighted by molar-refractivity contribution is -0.124. The summed E-state index contributed by atoms with van der Waals surface area (Å²) < 4.78 is 0. The second-order valence-corrected chi connectivity index (χ2v) is 4.43. The van der Waals surface area contributed by atoms with Crippen LogP contribution in [0.3, 0.4) is 0 Å². The zero-order valence-electron chi connectivity index (χ0n) is 9.78. The van der Waals surface area contributed by atoms with Crippen molar-refractivity contribution >= 4 is 5.91 Å². The van der Waals surface area contributed by atoms with Crippen molar-refractivity contribution < 1.29 is 4.79 Å². The van der Waals surface area contributed by atoms with E-state index < -0.39 is 0 Å². The number of nitrogens with zero attached hydrogens (tertiary/aromatic N) is 1. The molecule has 3 atom stereocenters. The molecule has 1 fully saturated rings. The molecule has 4 N–H and O–H groups in total. The summed E-state index contributed by atoms with van der Waals surface area (Å²) in [4.78, 5) is 13.4. The van der Waals surface area contributed by atoms with E-state index in [9.17, 15) is 4.79 Å². The molecule has 0 bridgehead atoms. The van der Waals surface area contributed by atoms with Gasteiger partial charge < -0.3 is 11.5 Å². The van der Waals surface area contributed by atoms with E-state index in [4.69, 9.17) is 11.5 Å². The van der Waals surface area contributed by atoms with Crippen LogP contribution in [0.4, 0.5) is 0 Å². The average molecular weight is 213 g/mol. The molecule has 1 aliphatic rings. The highest BCUT2D eigenvalue weighted by Crippen LogP contribution is 2.27. The highest BCUT2D eigenvalue weighted by Gasteiger charge is 2.33. The molecule has 4 nitrogen and oxygen atoms in total. The third-order valence-corrected chi connectivity index (χ3v) is 3.64. The van der Waals surface area contributed by atoms with E-state index >= 15 is 0 Å². The van der Waals surface area contributed by atoms with Gasteiger partial charge in [0.15, 0.2) is 0 Å². The maximum atomic E-state index is 11.2. The molecule has 88 valence electrons. The Morgan fingerprint density at radius 3 is 2.73 bits per heavy atom. The quantitative estimate of drug-likeness (QED) is 0.706. The first-order chi connectivity index (χ1) is 7.11. The van der Waals surface area contributed by atoms with E-state index in [1.807, 2.05) is 6.92 Å². The van der Waals surface area contributed by atoms with E-state index in [-0.39, 0.29) is 11.9 Å². The van der Waals surface area contributed by atoms with Crippen molar-refractivity contribution in [2.75, 3.05) is 13.1 Å². The number of hydrogen-bond acceptors (Lipinski definition) is 3. The van der Waals surface area contributed by atoms with Crippen LogP contribution in [0.15, 0.2) is 0 Å². The normalized spacial score (nSPS) is 30.1. The summed E-state index contributed by atoms with van der Waals surface area (Å²) in [6.45, 7) is 5.63. The van der Waals surface area contributed by atoms with Crippen molar-refractivity contribution in [3.8, 4) is 0 Å². The van der Waals surface area contributed by atoms with Gasteiger partial charge in [0, 0.05) is 12.6 Å². The van der Waals surface area contributed by atoms with Gasteiger partial charge in [0.1, 0.15) is 0 Å². The number of hydrogen-bond donors (Lipinski definition) is 2. The molecule has 1 amide bonds. The topological polar surface area (TPSA) is 72.3 Å². The van der Waals surface area contributed by atoms with Crippen LogP contribution in [0.1, 0.15) is 33.1 Å². The zero-order valence-corrected chi connectivity index (χ0v) is 9.78. The molecule has 1 saturated heterocycles. The molecule has 3 unspecified atom stereocenters. The van der Waals surface area contributed by atoms with Gasteiger partial charge in [-0.25, -0.2) is 0 Å². The van der Waals surface area contributed by atoms with Gasteiger partial charge in [-0.05, 0) is 32.2 Å². The lowest BCUT2D eigenvalue weighted by atomic mass is 9.86. The molecule has 4 heteroatoms. The van der Waals surface area contributed by atoms with Gasteiger partial charge in [0.2, 0.25) is 5.91 Å². The van der Waals surface area contributed by atoms with E-state index in [1.165, 1.54) is 6.42 Å². The van der Waals surface area contributed by atoms with E-state index in [1.54, 1.807) is 0 Å². The summed E-state index contributed by atoms with van der Waals surface area (Å²) in [6, 6.07) is 0.138. The molecular formula is C11H23N3O. The first-order valence-electron chi connectivity index (χ1n) is 5.86. The third-order valence-electron chi connectivity index (χ3n) is 3.64. The number of primary amides is 1. The number of amides is 1. The fraction of sp³-hybridized carbons (Fsp3) is 0.909. The predicted molar refractivity (Wildman–Crippen MR) is 61.2 cm³/mol. The van der Waals surface area contributed by atoms with Crippen molar-refractivity contribution in [2.24, 2.45) is 17.4 Å². The largest absolute Gasteiger partial charge is 0.368 e. The standard InChI is InChI=1S/C11H23N3O/c1-3-9-5-4-6-14(10(9)7-12)8(2)11(13)15/h8-10H,3-7,12H2,1-2H3,(H2,13,15). The molecular weight excluding hydrogens is 190 g/mol. The molecule has 0 aromatic rings. The average Bonchev–Trinajstić information content (AvgIpc) is 2.26. The van der Waals surface area contributed by atoms with Gasteiger partial charge in [-0.15, -0.1) is 0 Å². The SMILES string of the molecule is CCC1CCCN(C(C)C(N)=O)C1CN. The molecule has 0 radical (unpaired) electrons. The first kappa shape index (κ1) is 12.5. The van der Waals surface area contributed by atoms with Gasteiger partial charge in [-0.2, -0.15) is 0 Å². The van der Waals surface area contributed by atoms with Crippen LogP contribution in [-0.2, 0) is 4.79 Å². The Hall–Kier alpha value is -0.610. The molecule has 0 aliphatic carbocycles. The minimum absolute atomic E-state index is 0.187. The number of carbonyl (C=O) groups excluding carboxylic acids is 1. The van der Waals surface area contributed by atoms with Crippen molar-refractivity contribution in [1.82, 2.24) is 4.90 Å². The monoisotopic (exact) mass is 213 g/mol. The highest BCUT2D eigenvalue weighted by molar-refractivity contribution is 5.79. The smallest absolute Gasteiger partial charge is 0.234 e. The summed E-state index contributed by atoms with van der Waals surface area (Å²) >= 11 is 0. The molecule has 1 rings (SSSR count). The summed E-state index contributed by atoms with van der Waals surface area (Å²) in [5.41, 5.74) is 11.2. The fourth-order valence-electron chi connectivity index (χ4n) is 2.61. The van der Waals surface area contributed by atoms with Crippen LogP contribution < -0.4 is 11.5 Å². The van der Waals surface area contributed by atoms with Crippen molar-refractivity contribution in [3.05, 3.63) is 0 Å². The highest BCUT2D eigenvalue weighted by atomic mass is 16.1. The van der Waals surface area contributed by atoms with Crippen molar-refractivity contribution in [2.45, 2.75) is 45.2 Å². The summed E-state index contributed by atoms with van der Waals surface area (Å²) in [5, 5.41) is 0. The Kier molecular flexibility index (Phi) is 4.54. The Balaban J connectivity index is 2.72. The van der Waals surface area contributed by atoms with Crippen LogP contribution in [0, 0.1) is 5.92 Å². The Morgan fingerprint density at radius 2 is 2.27 bits per heavy atom. The molecule has 0 aromatic carbocycles. The fourth-order valence-corrected chi connectivity index (χ4v) is 2.61. The van der Waals surface area contributed by atoms with Crippen LogP contribution in [0.5, 0.6) is 0 Å². The van der Waals surface area contributed by atoms with Gasteiger partial charge >= 0.3 is 0 Å². The lowest BCUT2D eigenvalue weighted by Crippen LogP contribution is -2.56. The molecule has 15 heavy (non-hydrogen) atoms. The molecule has 0 aromatic heterocycles. The number of piperidine rings is 1. The molecule has 0 saturated carbocycles. The summed E-state index contributed by atoms with van der Waals surface area (Å²) in [5.74, 6) is 0.371. The Morgan fingerprint density at radius 1 is 1.60 bits per heavy atom. The zero-order chi connectivity index (χ0) is 11.4. The summed E-state index contributed by atoms with van der Waals surface area (Å²) in [6.07, 6.45) is 3.50. The van der Waals surface area contributed by atoms with E-state index in [2.05, 4.69) is 11.8 Å². The minimum Gasteiger partial charge on any atom is -0.368 e. The van der Waals surface area contributed by atoms with Gasteiger partial charge in [0.25, 0.3) is 0 Å². The lowest BCUT2D eigenvalue weighted by Gasteiger charge is -2.42. The molecule has 0 spiro atoms. The minimum atomic E-state index is -0.245. The van der Waals surface area contributed by atoms with E-state index in [0.29, 0.717) is 18.5 Å². The van der Waals surface area contributed by atoms with Crippen LogP contribution in [0.2, 0.25) is 0 Å². The maximum absolute atomic E-state index is 11.2. The molecule has 1 heterocycles. The second kappa shape index (κ2) is 5.47. The summed E-state index contributed by atoms with van der Waals surface area (Å²) in [7, 11) is 0.